The molecule has 0 radical (unpaired) electrons. The Kier molecular flexibility index (Phi) is 8.64. The number of ketones is 1. The lowest BCUT2D eigenvalue weighted by Gasteiger charge is -2.26. The molecule has 1 aliphatic heterocycles. The molecular weight excluding hydrogens is 423 g/mol. The number of anilines is 1. The highest BCUT2D eigenvalue weighted by Crippen LogP contribution is 2.23. The summed E-state index contributed by atoms with van der Waals surface area (Å²) in [6.07, 6.45) is 4.14. The van der Waals surface area contributed by atoms with Crippen LogP contribution in [0.25, 0.3) is 0 Å². The molecule has 0 atom stereocenters. The van der Waals surface area contributed by atoms with Crippen molar-refractivity contribution in [3.05, 3.63) is 59.9 Å². The van der Waals surface area contributed by atoms with Crippen LogP contribution in [0.15, 0.2) is 53.5 Å². The first-order valence-corrected chi connectivity index (χ1v) is 9.50. The number of benzene rings is 2. The van der Waals surface area contributed by atoms with Crippen molar-refractivity contribution in [2.24, 2.45) is 4.99 Å². The number of hydrogen-bond acceptors (Lipinski definition) is 4. The summed E-state index contributed by atoms with van der Waals surface area (Å²) in [5.74, 6) is 1.33. The Morgan fingerprint density at radius 1 is 1.07 bits per heavy atom. The summed E-state index contributed by atoms with van der Waals surface area (Å²) < 4.78 is 18.7. The van der Waals surface area contributed by atoms with Crippen molar-refractivity contribution in [2.75, 3.05) is 24.6 Å². The van der Waals surface area contributed by atoms with Gasteiger partial charge in [-0.05, 0) is 68.3 Å². The monoisotopic (exact) mass is 448 g/mol. The predicted molar refractivity (Wildman–Crippen MR) is 117 cm³/mol. The maximum absolute atomic E-state index is 13.2. The summed E-state index contributed by atoms with van der Waals surface area (Å²) in [5, 5.41) is 0. The number of nitrogens with zero attached hydrogens (tertiary/aromatic N) is 2. The fourth-order valence-electron chi connectivity index (χ4n) is 3.17. The van der Waals surface area contributed by atoms with Gasteiger partial charge in [0.2, 0.25) is 0 Å². The minimum atomic E-state index is -0.344. The summed E-state index contributed by atoms with van der Waals surface area (Å²) in [5.41, 5.74) is 1.41. The van der Waals surface area contributed by atoms with E-state index in [-0.39, 0.29) is 35.1 Å². The third-order valence-corrected chi connectivity index (χ3v) is 4.59. The van der Waals surface area contributed by atoms with Crippen LogP contribution in [-0.4, -0.2) is 31.3 Å². The van der Waals surface area contributed by atoms with Crippen LogP contribution in [0.5, 0.6) is 5.75 Å². The van der Waals surface area contributed by atoms with Gasteiger partial charge in [-0.15, -0.1) is 17.0 Å². The summed E-state index contributed by atoms with van der Waals surface area (Å²) in [6, 6.07) is 13.4. The number of carbonyl (C=O) groups excluding carboxylic acids is 1. The molecule has 0 N–H and O–H groups in total. The number of amidine groups is 1. The van der Waals surface area contributed by atoms with Crippen LogP contribution < -0.4 is 9.64 Å². The van der Waals surface area contributed by atoms with Gasteiger partial charge in [0.15, 0.2) is 5.78 Å². The molecule has 0 amide bonds. The molecule has 0 aliphatic carbocycles. The van der Waals surface area contributed by atoms with E-state index in [2.05, 4.69) is 0 Å². The lowest BCUT2D eigenvalue weighted by Crippen LogP contribution is -2.36. The third-order valence-electron chi connectivity index (χ3n) is 4.59. The molecule has 6 heteroatoms. The highest BCUT2D eigenvalue weighted by Gasteiger charge is 2.19. The average Bonchev–Trinajstić information content (AvgIpc) is 2.97. The largest absolute Gasteiger partial charge is 0.494 e. The van der Waals surface area contributed by atoms with E-state index in [9.17, 15) is 9.18 Å². The molecular formula is C22H26BrFN2O2. The zero-order valence-electron chi connectivity index (χ0n) is 16.1. The highest BCUT2D eigenvalue weighted by molar-refractivity contribution is 8.93. The Balaban J connectivity index is 0.00000280. The number of hydrogen-bond donors (Lipinski definition) is 0. The molecule has 2 aromatic rings. The smallest absolute Gasteiger partial charge is 0.182 e. The van der Waals surface area contributed by atoms with Crippen molar-refractivity contribution in [1.82, 2.24) is 0 Å². The topological polar surface area (TPSA) is 41.9 Å². The second kappa shape index (κ2) is 11.0. The maximum atomic E-state index is 13.2. The minimum absolute atomic E-state index is 0. The zero-order valence-corrected chi connectivity index (χ0v) is 17.8. The Labute approximate surface area is 176 Å². The molecule has 1 aliphatic rings. The molecule has 0 aromatic heterocycles. The van der Waals surface area contributed by atoms with Gasteiger partial charge >= 0.3 is 0 Å². The van der Waals surface area contributed by atoms with Gasteiger partial charge in [0.05, 0.1) is 13.2 Å². The van der Waals surface area contributed by atoms with Crippen molar-refractivity contribution >= 4 is 34.3 Å². The molecule has 0 bridgehead atoms. The molecule has 3 rings (SSSR count). The molecule has 28 heavy (non-hydrogen) atoms. The first-order valence-electron chi connectivity index (χ1n) is 9.50. The molecule has 150 valence electrons. The summed E-state index contributed by atoms with van der Waals surface area (Å²) in [7, 11) is 0. The Bertz CT molecular complexity index is 791. The van der Waals surface area contributed by atoms with Crippen LogP contribution in [0.4, 0.5) is 10.1 Å². The minimum Gasteiger partial charge on any atom is -0.494 e. The molecule has 0 saturated carbocycles. The van der Waals surface area contributed by atoms with Gasteiger partial charge in [-0.2, -0.15) is 0 Å². The summed E-state index contributed by atoms with van der Waals surface area (Å²) in [6.45, 7) is 3.52. The summed E-state index contributed by atoms with van der Waals surface area (Å²) in [4.78, 5) is 19.5. The zero-order chi connectivity index (χ0) is 19.1. The fourth-order valence-corrected chi connectivity index (χ4v) is 3.17. The van der Waals surface area contributed by atoms with Crippen molar-refractivity contribution in [1.29, 1.82) is 0 Å². The molecule has 0 unspecified atom stereocenters. The third kappa shape index (κ3) is 5.89. The van der Waals surface area contributed by atoms with E-state index < -0.39 is 0 Å². The van der Waals surface area contributed by atoms with E-state index in [1.165, 1.54) is 24.3 Å². The van der Waals surface area contributed by atoms with E-state index in [4.69, 9.17) is 9.73 Å². The number of Topliss-reactive ketones (excluding diaryl/α,β-unsaturated/α-hetero) is 1. The molecule has 1 heterocycles. The van der Waals surface area contributed by atoms with Crippen LogP contribution in [0.2, 0.25) is 0 Å². The Morgan fingerprint density at radius 3 is 2.46 bits per heavy atom. The summed E-state index contributed by atoms with van der Waals surface area (Å²) >= 11 is 0. The van der Waals surface area contributed by atoms with Gasteiger partial charge in [0, 0.05) is 24.2 Å². The quantitative estimate of drug-likeness (QED) is 0.550. The SMILES string of the molecule is Br.CCOc1ccc(N(CC(=O)c2ccc(F)cc2)C2=NCCCCC2)cc1. The highest BCUT2D eigenvalue weighted by atomic mass is 79.9. The number of halogens is 2. The normalized spacial score (nSPS) is 13.7. The van der Waals surface area contributed by atoms with Crippen LogP contribution in [-0.2, 0) is 0 Å². The molecule has 0 spiro atoms. The van der Waals surface area contributed by atoms with Crippen LogP contribution in [0.3, 0.4) is 0 Å². The predicted octanol–water partition coefficient (Wildman–Crippen LogP) is 5.46. The van der Waals surface area contributed by atoms with E-state index in [0.29, 0.717) is 12.2 Å². The van der Waals surface area contributed by atoms with Crippen LogP contribution >= 0.6 is 17.0 Å². The first-order chi connectivity index (χ1) is 13.2. The fraction of sp³-hybridized carbons (Fsp3) is 0.364. The van der Waals surface area contributed by atoms with Gasteiger partial charge in [-0.1, -0.05) is 6.42 Å². The van der Waals surface area contributed by atoms with E-state index in [0.717, 1.165) is 49.5 Å². The van der Waals surface area contributed by atoms with E-state index in [1.807, 2.05) is 36.1 Å². The average molecular weight is 449 g/mol. The first kappa shape index (κ1) is 22.1. The van der Waals surface area contributed by atoms with Gasteiger partial charge < -0.3 is 9.64 Å². The van der Waals surface area contributed by atoms with Crippen molar-refractivity contribution in [3.8, 4) is 5.75 Å². The van der Waals surface area contributed by atoms with Gasteiger partial charge in [0.1, 0.15) is 17.4 Å². The van der Waals surface area contributed by atoms with Crippen LogP contribution in [0.1, 0.15) is 43.0 Å². The van der Waals surface area contributed by atoms with Gasteiger partial charge in [0.25, 0.3) is 0 Å². The lowest BCUT2D eigenvalue weighted by molar-refractivity contribution is 0.100. The van der Waals surface area contributed by atoms with Crippen molar-refractivity contribution in [2.45, 2.75) is 32.6 Å². The van der Waals surface area contributed by atoms with Gasteiger partial charge in [-0.25, -0.2) is 4.39 Å². The van der Waals surface area contributed by atoms with Crippen molar-refractivity contribution in [3.63, 3.8) is 0 Å². The number of aliphatic imine (C=N–C) groups is 1. The Morgan fingerprint density at radius 2 is 1.79 bits per heavy atom. The molecule has 2 aromatic carbocycles. The van der Waals surface area contributed by atoms with E-state index >= 15 is 0 Å². The number of carbonyl (C=O) groups is 1. The van der Waals surface area contributed by atoms with Gasteiger partial charge in [-0.3, -0.25) is 9.79 Å². The molecule has 0 saturated heterocycles. The lowest BCUT2D eigenvalue weighted by atomic mass is 10.1. The maximum Gasteiger partial charge on any atom is 0.182 e. The van der Waals surface area contributed by atoms with Crippen LogP contribution in [0, 0.1) is 5.82 Å². The molecule has 0 fully saturated rings. The number of ether oxygens (including phenoxy) is 1. The second-order valence-corrected chi connectivity index (χ2v) is 6.55. The van der Waals surface area contributed by atoms with E-state index in [1.54, 1.807) is 0 Å². The number of rotatable bonds is 6. The molecule has 4 nitrogen and oxygen atoms in total. The second-order valence-electron chi connectivity index (χ2n) is 6.55. The standard InChI is InChI=1S/C22H25FN2O2.BrH/c1-2-27-20-13-11-19(12-14-20)25(22-6-4-3-5-15-24-22)16-21(26)17-7-9-18(23)10-8-17;/h7-14H,2-6,15-16H2,1H3;1H. The Hall–Kier alpha value is -2.21. The van der Waals surface area contributed by atoms with Crippen molar-refractivity contribution < 1.29 is 13.9 Å².